The van der Waals surface area contributed by atoms with E-state index in [-0.39, 0.29) is 23.6 Å². The second kappa shape index (κ2) is 12.0. The highest BCUT2D eigenvalue weighted by molar-refractivity contribution is 7.99. The number of aldehydes is 1. The molecule has 1 fully saturated rings. The first kappa shape index (κ1) is 26.2. The van der Waals surface area contributed by atoms with E-state index >= 15 is 0 Å². The van der Waals surface area contributed by atoms with Crippen LogP contribution < -0.4 is 10.2 Å². The van der Waals surface area contributed by atoms with Crippen molar-refractivity contribution in [2.45, 2.75) is 42.6 Å². The molecule has 11 nitrogen and oxygen atoms in total. The number of urea groups is 1. The minimum Gasteiger partial charge on any atom is -0.440 e. The lowest BCUT2D eigenvalue weighted by Crippen LogP contribution is -2.40. The van der Waals surface area contributed by atoms with Gasteiger partial charge < -0.3 is 14.4 Å². The van der Waals surface area contributed by atoms with E-state index in [1.807, 2.05) is 6.07 Å². The summed E-state index contributed by atoms with van der Waals surface area (Å²) < 4.78 is 10.9. The maximum atomic E-state index is 13.3. The Labute approximate surface area is 228 Å². The summed E-state index contributed by atoms with van der Waals surface area (Å²) in [6, 6.07) is 5.19. The van der Waals surface area contributed by atoms with Crippen LogP contribution in [-0.4, -0.2) is 51.7 Å². The van der Waals surface area contributed by atoms with Crippen molar-refractivity contribution in [1.82, 2.24) is 14.9 Å². The van der Waals surface area contributed by atoms with Crippen LogP contribution in [0.3, 0.4) is 0 Å². The van der Waals surface area contributed by atoms with Gasteiger partial charge in [0.25, 0.3) is 5.88 Å². The lowest BCUT2D eigenvalue weighted by Gasteiger charge is -2.29. The van der Waals surface area contributed by atoms with Crippen LogP contribution in [0.4, 0.5) is 16.4 Å². The van der Waals surface area contributed by atoms with Gasteiger partial charge in [0.1, 0.15) is 28.8 Å². The number of aromatic nitrogens is 2. The molecule has 2 aromatic heterocycles. The van der Waals surface area contributed by atoms with E-state index in [4.69, 9.17) is 9.47 Å². The van der Waals surface area contributed by atoms with Crippen molar-refractivity contribution in [2.24, 2.45) is 0 Å². The van der Waals surface area contributed by atoms with Crippen molar-refractivity contribution in [2.75, 3.05) is 23.4 Å². The Kier molecular flexibility index (Phi) is 8.03. The molecule has 1 N–H and O–H groups in total. The van der Waals surface area contributed by atoms with Crippen LogP contribution in [0.1, 0.15) is 46.4 Å². The van der Waals surface area contributed by atoms with Gasteiger partial charge >= 0.3 is 6.03 Å². The third-order valence-corrected chi connectivity index (χ3v) is 7.55. The number of aryl methyl sites for hydroxylation is 1. The zero-order valence-corrected chi connectivity index (χ0v) is 21.6. The SMILES string of the molecule is N#Cc1cnc(NC(=O)N2CCCc3cc(CN4C=CC=COC4=C=O)c(C=O)nc32)cc1S[C@H]1CCCO1. The number of hydrogen-bond acceptors (Lipinski definition) is 10. The Hall–Kier alpha value is -4.43. The van der Waals surface area contributed by atoms with Crippen LogP contribution in [0.25, 0.3) is 0 Å². The van der Waals surface area contributed by atoms with Gasteiger partial charge in [-0.1, -0.05) is 11.8 Å². The fourth-order valence-corrected chi connectivity index (χ4v) is 5.60. The van der Waals surface area contributed by atoms with Gasteiger partial charge in [-0.3, -0.25) is 15.0 Å². The molecule has 3 aliphatic rings. The number of ether oxygens (including phenoxy) is 2. The standard InChI is InChI=1S/C27H24N6O5S/c28-13-20-14-29-23(12-22(20)39-25-6-4-10-38-25)31-27(36)33-8-3-5-18-11-19(21(16-34)30-26(18)33)15-32-7-1-2-9-37-24(32)17-35/h1-2,7,9,11-12,14,16,25H,3-6,8,10,15H2,(H,29,31,36)/t25-/m0/s1. The maximum Gasteiger partial charge on any atom is 0.328 e. The third-order valence-electron chi connectivity index (χ3n) is 6.32. The summed E-state index contributed by atoms with van der Waals surface area (Å²) in [6.45, 7) is 1.25. The van der Waals surface area contributed by atoms with Crippen molar-refractivity contribution >= 4 is 41.7 Å². The molecule has 39 heavy (non-hydrogen) atoms. The summed E-state index contributed by atoms with van der Waals surface area (Å²) in [7, 11) is 0. The fourth-order valence-electron chi connectivity index (χ4n) is 4.46. The topological polar surface area (TPSA) is 138 Å². The number of amides is 2. The molecular weight excluding hydrogens is 520 g/mol. The second-order valence-corrected chi connectivity index (χ2v) is 10.1. The Bertz CT molecular complexity index is 1440. The lowest BCUT2D eigenvalue weighted by molar-refractivity contribution is 0.111. The van der Waals surface area contributed by atoms with Crippen LogP contribution in [0, 0.1) is 11.3 Å². The second-order valence-electron chi connectivity index (χ2n) is 8.88. The highest BCUT2D eigenvalue weighted by Crippen LogP contribution is 2.34. The number of pyridine rings is 2. The highest BCUT2D eigenvalue weighted by Gasteiger charge is 2.27. The van der Waals surface area contributed by atoms with Gasteiger partial charge in [-0.25, -0.2) is 19.6 Å². The molecule has 12 heteroatoms. The Morgan fingerprint density at radius 2 is 2.21 bits per heavy atom. The van der Waals surface area contributed by atoms with Crippen molar-refractivity contribution in [3.8, 4) is 6.07 Å². The zero-order chi connectivity index (χ0) is 27.2. The number of thioether (sulfide) groups is 1. The summed E-state index contributed by atoms with van der Waals surface area (Å²) in [6.07, 6.45) is 11.6. The average Bonchev–Trinajstić information content (AvgIpc) is 3.36. The van der Waals surface area contributed by atoms with Gasteiger partial charge in [0.15, 0.2) is 12.2 Å². The molecule has 5 heterocycles. The molecule has 1 saturated heterocycles. The molecule has 0 aromatic carbocycles. The number of anilines is 2. The molecule has 2 amide bonds. The van der Waals surface area contributed by atoms with Crippen molar-refractivity contribution in [1.29, 1.82) is 5.26 Å². The largest absolute Gasteiger partial charge is 0.440 e. The van der Waals surface area contributed by atoms with Crippen LogP contribution >= 0.6 is 11.8 Å². The van der Waals surface area contributed by atoms with Gasteiger partial charge in [0.05, 0.1) is 18.4 Å². The molecule has 1 atom stereocenters. The monoisotopic (exact) mass is 544 g/mol. The molecule has 198 valence electrons. The van der Waals surface area contributed by atoms with E-state index in [2.05, 4.69) is 21.4 Å². The molecule has 0 aliphatic carbocycles. The van der Waals surface area contributed by atoms with E-state index < -0.39 is 6.03 Å². The van der Waals surface area contributed by atoms with Crippen LogP contribution in [0.15, 0.2) is 53.7 Å². The molecule has 0 radical (unpaired) electrons. The predicted molar refractivity (Wildman–Crippen MR) is 142 cm³/mol. The van der Waals surface area contributed by atoms with E-state index in [0.717, 1.165) is 18.4 Å². The first-order valence-electron chi connectivity index (χ1n) is 12.4. The minimum absolute atomic E-state index is 0.0390. The number of nitriles is 1. The van der Waals surface area contributed by atoms with Gasteiger partial charge in [-0.2, -0.15) is 5.26 Å². The molecule has 0 saturated carbocycles. The number of nitrogens with one attached hydrogen (secondary N) is 1. The minimum atomic E-state index is -0.445. The smallest absolute Gasteiger partial charge is 0.328 e. The first-order valence-corrected chi connectivity index (χ1v) is 13.2. The predicted octanol–water partition coefficient (Wildman–Crippen LogP) is 3.91. The Morgan fingerprint density at radius 3 is 2.97 bits per heavy atom. The van der Waals surface area contributed by atoms with E-state index in [1.165, 1.54) is 34.0 Å². The van der Waals surface area contributed by atoms with Gasteiger partial charge in [0.2, 0.25) is 0 Å². The number of rotatable bonds is 6. The number of carbonyl (C=O) groups excluding carboxylic acids is 3. The van der Waals surface area contributed by atoms with Crippen molar-refractivity contribution in [3.63, 3.8) is 0 Å². The molecule has 2 aromatic rings. The first-order chi connectivity index (χ1) is 19.1. The van der Waals surface area contributed by atoms with Crippen molar-refractivity contribution < 1.29 is 23.9 Å². The van der Waals surface area contributed by atoms with Crippen molar-refractivity contribution in [3.05, 3.63) is 71.2 Å². The number of carbonyl (C=O) groups is 2. The Morgan fingerprint density at radius 1 is 1.31 bits per heavy atom. The maximum absolute atomic E-state index is 13.3. The summed E-state index contributed by atoms with van der Waals surface area (Å²) in [5, 5.41) is 12.3. The molecule has 0 spiro atoms. The van der Waals surface area contributed by atoms with Crippen LogP contribution in [-0.2, 0) is 27.2 Å². The summed E-state index contributed by atoms with van der Waals surface area (Å²) >= 11 is 1.44. The number of fused-ring (bicyclic) bond motifs is 1. The normalized spacial score (nSPS) is 18.0. The van der Waals surface area contributed by atoms with E-state index in [1.54, 1.807) is 30.4 Å². The third kappa shape index (κ3) is 5.86. The molecular formula is C27H24N6O5S. The summed E-state index contributed by atoms with van der Waals surface area (Å²) in [4.78, 5) is 49.1. The molecule has 3 aliphatic heterocycles. The Balaban J connectivity index is 1.37. The van der Waals surface area contributed by atoms with E-state index in [0.29, 0.717) is 59.9 Å². The number of allylic oxidation sites excluding steroid dienone is 2. The quantitative estimate of drug-likeness (QED) is 0.421. The van der Waals surface area contributed by atoms with Gasteiger partial charge in [-0.15, -0.1) is 0 Å². The molecule has 0 unspecified atom stereocenters. The number of nitrogens with zero attached hydrogens (tertiary/aromatic N) is 5. The molecule has 0 bridgehead atoms. The van der Waals surface area contributed by atoms with Crippen LogP contribution in [0.5, 0.6) is 0 Å². The fraction of sp³-hybridized carbons (Fsp3) is 0.296. The van der Waals surface area contributed by atoms with Crippen LogP contribution in [0.2, 0.25) is 0 Å². The van der Waals surface area contributed by atoms with Gasteiger partial charge in [0, 0.05) is 36.0 Å². The zero-order valence-electron chi connectivity index (χ0n) is 20.8. The average molecular weight is 545 g/mol. The van der Waals surface area contributed by atoms with Gasteiger partial charge in [-0.05, 0) is 55.5 Å². The highest BCUT2D eigenvalue weighted by atomic mass is 32.2. The number of hydrogen-bond donors (Lipinski definition) is 1. The summed E-state index contributed by atoms with van der Waals surface area (Å²) in [5.74, 6) is 2.41. The molecule has 5 rings (SSSR count). The summed E-state index contributed by atoms with van der Waals surface area (Å²) in [5.41, 5.74) is 1.90. The lowest BCUT2D eigenvalue weighted by atomic mass is 10.0. The van der Waals surface area contributed by atoms with E-state index in [9.17, 15) is 19.6 Å².